The fourth-order valence-corrected chi connectivity index (χ4v) is 3.92. The van der Waals surface area contributed by atoms with Crippen LogP contribution in [0.1, 0.15) is 33.6 Å². The minimum Gasteiger partial charge on any atom is -0.352 e. The van der Waals surface area contributed by atoms with E-state index in [1.807, 2.05) is 13.8 Å². The van der Waals surface area contributed by atoms with Gasteiger partial charge < -0.3 is 10.6 Å². The molecule has 1 rings (SSSR count). The lowest BCUT2D eigenvalue weighted by molar-refractivity contribution is -0.119. The van der Waals surface area contributed by atoms with Gasteiger partial charge in [-0.25, -0.2) is 8.42 Å². The molecule has 114 valence electrons. The summed E-state index contributed by atoms with van der Waals surface area (Å²) in [7, 11) is -3.27. The Balaban J connectivity index is 0.00000324. The lowest BCUT2D eigenvalue weighted by atomic mass is 10.0. The Morgan fingerprint density at radius 2 is 2.05 bits per heavy atom. The summed E-state index contributed by atoms with van der Waals surface area (Å²) in [5.74, 6) is -0.622. The van der Waals surface area contributed by atoms with Gasteiger partial charge in [-0.3, -0.25) is 4.79 Å². The van der Waals surface area contributed by atoms with Gasteiger partial charge in [0.15, 0.2) is 9.84 Å². The van der Waals surface area contributed by atoms with Crippen LogP contribution in [-0.2, 0) is 14.6 Å². The summed E-state index contributed by atoms with van der Waals surface area (Å²) in [5, 5.41) is 6.11. The molecule has 0 bridgehead atoms. The average Bonchev–Trinajstić information content (AvgIpc) is 2.13. The van der Waals surface area contributed by atoms with Crippen LogP contribution >= 0.6 is 12.4 Å². The Morgan fingerprint density at radius 3 is 2.58 bits per heavy atom. The van der Waals surface area contributed by atoms with Crippen LogP contribution in [0.25, 0.3) is 0 Å². The topological polar surface area (TPSA) is 75.3 Å². The lowest BCUT2D eigenvalue weighted by Gasteiger charge is -2.28. The zero-order chi connectivity index (χ0) is 13.8. The number of carbonyl (C=O) groups excluding carboxylic acids is 1. The molecule has 2 atom stereocenters. The number of nitrogens with one attached hydrogen (secondary N) is 2. The van der Waals surface area contributed by atoms with E-state index >= 15 is 0 Å². The summed E-state index contributed by atoms with van der Waals surface area (Å²) in [4.78, 5) is 11.7. The number of rotatable bonds is 5. The van der Waals surface area contributed by atoms with E-state index in [1.165, 1.54) is 0 Å². The summed E-state index contributed by atoms with van der Waals surface area (Å²) in [5.41, 5.74) is 0. The lowest BCUT2D eigenvalue weighted by Crippen LogP contribution is -2.48. The van der Waals surface area contributed by atoms with E-state index in [4.69, 9.17) is 0 Å². The summed E-state index contributed by atoms with van der Waals surface area (Å²) in [6, 6.07) is 0.472. The molecular weight excluding hydrogens is 288 g/mol. The predicted octanol–water partition coefficient (Wildman–Crippen LogP) is 0.736. The van der Waals surface area contributed by atoms with Crippen molar-refractivity contribution in [1.29, 1.82) is 0 Å². The quantitative estimate of drug-likeness (QED) is 0.785. The molecule has 0 spiro atoms. The van der Waals surface area contributed by atoms with Crippen LogP contribution in [0.5, 0.6) is 0 Å². The number of amides is 1. The fraction of sp³-hybridized carbons (Fsp3) is 0.917. The summed E-state index contributed by atoms with van der Waals surface area (Å²) >= 11 is 0. The van der Waals surface area contributed by atoms with Crippen LogP contribution in [0.3, 0.4) is 0 Å². The van der Waals surface area contributed by atoms with Crippen molar-refractivity contribution in [2.45, 2.75) is 45.7 Å². The second kappa shape index (κ2) is 8.07. The van der Waals surface area contributed by atoms with Crippen LogP contribution in [0.2, 0.25) is 0 Å². The molecular formula is C12H25ClN2O3S. The van der Waals surface area contributed by atoms with E-state index in [2.05, 4.69) is 17.6 Å². The van der Waals surface area contributed by atoms with E-state index in [-0.39, 0.29) is 41.8 Å². The van der Waals surface area contributed by atoms with E-state index in [0.29, 0.717) is 6.04 Å². The third kappa shape index (κ3) is 7.74. The van der Waals surface area contributed by atoms with Crippen LogP contribution in [0.15, 0.2) is 0 Å². The minimum absolute atomic E-state index is 0. The molecule has 0 saturated carbocycles. The van der Waals surface area contributed by atoms with Crippen molar-refractivity contribution in [2.75, 3.05) is 18.1 Å². The van der Waals surface area contributed by atoms with Gasteiger partial charge in [0.05, 0.1) is 5.75 Å². The summed E-state index contributed by atoms with van der Waals surface area (Å²) < 4.78 is 23.4. The van der Waals surface area contributed by atoms with E-state index in [9.17, 15) is 13.2 Å². The minimum atomic E-state index is -3.27. The first-order chi connectivity index (χ1) is 8.28. The van der Waals surface area contributed by atoms with Gasteiger partial charge in [-0.15, -0.1) is 12.4 Å². The number of piperidine rings is 1. The highest BCUT2D eigenvalue weighted by molar-refractivity contribution is 7.92. The first kappa shape index (κ1) is 18.7. The summed E-state index contributed by atoms with van der Waals surface area (Å²) in [6.45, 7) is 6.60. The van der Waals surface area contributed by atoms with Gasteiger partial charge in [0.1, 0.15) is 5.75 Å². The molecule has 5 nitrogen and oxygen atoms in total. The Hall–Kier alpha value is -0.330. The summed E-state index contributed by atoms with van der Waals surface area (Å²) in [6.07, 6.45) is 1.72. The molecule has 1 saturated heterocycles. The molecule has 19 heavy (non-hydrogen) atoms. The maximum Gasteiger partial charge on any atom is 0.235 e. The van der Waals surface area contributed by atoms with Gasteiger partial charge in [0, 0.05) is 12.1 Å². The van der Waals surface area contributed by atoms with Gasteiger partial charge in [-0.05, 0) is 32.2 Å². The van der Waals surface area contributed by atoms with Crippen molar-refractivity contribution < 1.29 is 13.2 Å². The second-order valence-electron chi connectivity index (χ2n) is 5.59. The fourth-order valence-electron chi connectivity index (χ4n) is 2.30. The van der Waals surface area contributed by atoms with Gasteiger partial charge in [-0.2, -0.15) is 0 Å². The maximum absolute atomic E-state index is 11.7. The van der Waals surface area contributed by atoms with Crippen LogP contribution in [-0.4, -0.2) is 44.5 Å². The standard InChI is InChI=1S/C12H24N2O3S.ClH/c1-9(2)7-18(16,17)8-12(15)14-11-4-5-13-10(3)6-11;/h9-11,13H,4-8H2,1-3H3,(H,14,15);1H. The molecule has 1 fully saturated rings. The van der Waals surface area contributed by atoms with Gasteiger partial charge in [-0.1, -0.05) is 13.8 Å². The van der Waals surface area contributed by atoms with E-state index in [1.54, 1.807) is 0 Å². The smallest absolute Gasteiger partial charge is 0.235 e. The number of sulfone groups is 1. The molecule has 2 unspecified atom stereocenters. The van der Waals surface area contributed by atoms with Crippen molar-refractivity contribution in [3.05, 3.63) is 0 Å². The number of carbonyl (C=O) groups is 1. The predicted molar refractivity (Wildman–Crippen MR) is 79.4 cm³/mol. The largest absolute Gasteiger partial charge is 0.352 e. The number of halogens is 1. The molecule has 0 radical (unpaired) electrons. The zero-order valence-corrected chi connectivity index (χ0v) is 13.4. The van der Waals surface area contributed by atoms with Gasteiger partial charge >= 0.3 is 0 Å². The molecule has 0 aromatic heterocycles. The van der Waals surface area contributed by atoms with Gasteiger partial charge in [0.2, 0.25) is 5.91 Å². The Kier molecular flexibility index (Phi) is 7.93. The molecule has 0 aromatic rings. The van der Waals surface area contributed by atoms with Crippen molar-refractivity contribution in [1.82, 2.24) is 10.6 Å². The van der Waals surface area contributed by atoms with Crippen molar-refractivity contribution in [2.24, 2.45) is 5.92 Å². The average molecular weight is 313 g/mol. The van der Waals surface area contributed by atoms with Crippen LogP contribution in [0, 0.1) is 5.92 Å². The van der Waals surface area contributed by atoms with E-state index < -0.39 is 9.84 Å². The SMILES string of the molecule is CC(C)CS(=O)(=O)CC(=O)NC1CCNC(C)C1.Cl. The normalized spacial score (nSPS) is 23.8. The molecule has 7 heteroatoms. The highest BCUT2D eigenvalue weighted by Crippen LogP contribution is 2.08. The van der Waals surface area contributed by atoms with Gasteiger partial charge in [0.25, 0.3) is 0 Å². The Labute approximate surface area is 122 Å². The Morgan fingerprint density at radius 1 is 1.42 bits per heavy atom. The molecule has 1 aliphatic heterocycles. The zero-order valence-electron chi connectivity index (χ0n) is 11.8. The maximum atomic E-state index is 11.7. The molecule has 2 N–H and O–H groups in total. The van der Waals surface area contributed by atoms with Crippen molar-refractivity contribution in [3.63, 3.8) is 0 Å². The van der Waals surface area contributed by atoms with Crippen LogP contribution < -0.4 is 10.6 Å². The molecule has 1 amide bonds. The van der Waals surface area contributed by atoms with E-state index in [0.717, 1.165) is 19.4 Å². The number of hydrogen-bond donors (Lipinski definition) is 2. The second-order valence-corrected chi connectivity index (χ2v) is 7.70. The Bertz CT molecular complexity index is 384. The van der Waals surface area contributed by atoms with Crippen LogP contribution in [0.4, 0.5) is 0 Å². The third-order valence-electron chi connectivity index (χ3n) is 2.93. The molecule has 0 aliphatic carbocycles. The highest BCUT2D eigenvalue weighted by Gasteiger charge is 2.23. The third-order valence-corrected chi connectivity index (χ3v) is 4.80. The number of hydrogen-bond acceptors (Lipinski definition) is 4. The first-order valence-corrected chi connectivity index (χ1v) is 8.34. The monoisotopic (exact) mass is 312 g/mol. The first-order valence-electron chi connectivity index (χ1n) is 6.51. The van der Waals surface area contributed by atoms with Crippen molar-refractivity contribution in [3.8, 4) is 0 Å². The molecule has 1 aliphatic rings. The molecule has 0 aromatic carbocycles. The van der Waals surface area contributed by atoms with Crippen molar-refractivity contribution >= 4 is 28.2 Å². The highest BCUT2D eigenvalue weighted by atomic mass is 35.5. The molecule has 1 heterocycles.